The second-order valence-electron chi connectivity index (χ2n) is 5.91. The van der Waals surface area contributed by atoms with Crippen molar-refractivity contribution < 1.29 is 4.43 Å². The van der Waals surface area contributed by atoms with Crippen LogP contribution in [0.2, 0.25) is 18.1 Å². The van der Waals surface area contributed by atoms with Crippen LogP contribution in [0, 0.1) is 5.92 Å². The second-order valence-corrected chi connectivity index (χ2v) is 10.7. The van der Waals surface area contributed by atoms with Crippen LogP contribution < -0.4 is 0 Å². The predicted molar refractivity (Wildman–Crippen MR) is 67.2 cm³/mol. The molecule has 2 heteroatoms. The van der Waals surface area contributed by atoms with Gasteiger partial charge in [-0.2, -0.15) is 0 Å². The lowest BCUT2D eigenvalue weighted by atomic mass is 10.1. The van der Waals surface area contributed by atoms with E-state index < -0.39 is 8.32 Å². The van der Waals surface area contributed by atoms with Crippen LogP contribution in [0.25, 0.3) is 0 Å². The summed E-state index contributed by atoms with van der Waals surface area (Å²) in [4.78, 5) is 0. The maximum Gasteiger partial charge on any atom is 0.191 e. The van der Waals surface area contributed by atoms with Gasteiger partial charge in [0.15, 0.2) is 8.32 Å². The highest BCUT2D eigenvalue weighted by Gasteiger charge is 2.36. The molecule has 14 heavy (non-hydrogen) atoms. The maximum absolute atomic E-state index is 6.11. The molecule has 0 saturated carbocycles. The molecule has 0 aromatic carbocycles. The molecular formula is C12H28OSi. The SMILES string of the molecule is CC[C@H](C)CCO[Si](C)(C)C(C)(C)C. The first-order valence-electron chi connectivity index (χ1n) is 5.84. The van der Waals surface area contributed by atoms with Crippen LogP contribution in [0.15, 0.2) is 0 Å². The largest absolute Gasteiger partial charge is 0.417 e. The molecule has 0 aromatic rings. The Morgan fingerprint density at radius 2 is 1.71 bits per heavy atom. The minimum Gasteiger partial charge on any atom is -0.417 e. The molecule has 0 aliphatic heterocycles. The molecule has 0 aliphatic rings. The first-order chi connectivity index (χ1) is 6.20. The van der Waals surface area contributed by atoms with Crippen LogP contribution in [-0.2, 0) is 4.43 Å². The molecule has 0 bridgehead atoms. The standard InChI is InChI=1S/C12H28OSi/c1-8-11(2)9-10-13-14(6,7)12(3,4)5/h11H,8-10H2,1-7H3/t11-/m0/s1. The zero-order chi connectivity index (χ0) is 11.4. The summed E-state index contributed by atoms with van der Waals surface area (Å²) in [6.07, 6.45) is 2.48. The van der Waals surface area contributed by atoms with E-state index in [1.54, 1.807) is 0 Å². The summed E-state index contributed by atoms with van der Waals surface area (Å²) in [5.74, 6) is 0.805. The normalized spacial score (nSPS) is 15.6. The van der Waals surface area contributed by atoms with Crippen molar-refractivity contribution in [2.45, 2.75) is 65.6 Å². The van der Waals surface area contributed by atoms with Crippen molar-refractivity contribution in [2.75, 3.05) is 6.61 Å². The van der Waals surface area contributed by atoms with Gasteiger partial charge in [0.05, 0.1) is 0 Å². The van der Waals surface area contributed by atoms with Crippen molar-refractivity contribution in [3.63, 3.8) is 0 Å². The molecule has 0 saturated heterocycles. The molecule has 0 spiro atoms. The molecule has 0 fully saturated rings. The van der Waals surface area contributed by atoms with Gasteiger partial charge in [0.2, 0.25) is 0 Å². The molecule has 0 aliphatic carbocycles. The van der Waals surface area contributed by atoms with E-state index in [1.165, 1.54) is 12.8 Å². The van der Waals surface area contributed by atoms with E-state index in [4.69, 9.17) is 4.43 Å². The Morgan fingerprint density at radius 3 is 2.07 bits per heavy atom. The van der Waals surface area contributed by atoms with Crippen LogP contribution in [-0.4, -0.2) is 14.9 Å². The molecular weight excluding hydrogens is 188 g/mol. The summed E-state index contributed by atoms with van der Waals surface area (Å²) in [7, 11) is -1.48. The van der Waals surface area contributed by atoms with E-state index in [9.17, 15) is 0 Å². The first kappa shape index (κ1) is 14.2. The van der Waals surface area contributed by atoms with Crippen LogP contribution in [0.5, 0.6) is 0 Å². The van der Waals surface area contributed by atoms with Gasteiger partial charge in [0.25, 0.3) is 0 Å². The Kier molecular flexibility index (Phi) is 5.38. The summed E-state index contributed by atoms with van der Waals surface area (Å²) in [5.41, 5.74) is 0. The Balaban J connectivity index is 3.89. The Hall–Kier alpha value is 0.177. The van der Waals surface area contributed by atoms with Gasteiger partial charge in [-0.3, -0.25) is 0 Å². The highest BCUT2D eigenvalue weighted by Crippen LogP contribution is 2.36. The molecule has 0 heterocycles. The third-order valence-electron chi connectivity index (χ3n) is 3.58. The third kappa shape index (κ3) is 4.60. The Morgan fingerprint density at radius 1 is 1.21 bits per heavy atom. The fraction of sp³-hybridized carbons (Fsp3) is 1.00. The molecule has 1 nitrogen and oxygen atoms in total. The van der Waals surface area contributed by atoms with Gasteiger partial charge in [0, 0.05) is 6.61 Å². The van der Waals surface area contributed by atoms with Crippen molar-refractivity contribution in [3.8, 4) is 0 Å². The van der Waals surface area contributed by atoms with E-state index in [0.29, 0.717) is 5.04 Å². The van der Waals surface area contributed by atoms with Gasteiger partial charge < -0.3 is 4.43 Å². The molecule has 0 unspecified atom stereocenters. The average Bonchev–Trinajstić information content (AvgIpc) is 2.01. The van der Waals surface area contributed by atoms with Crippen LogP contribution in [0.1, 0.15) is 47.5 Å². The zero-order valence-electron chi connectivity index (χ0n) is 11.1. The molecule has 0 aromatic heterocycles. The molecule has 0 radical (unpaired) electrons. The van der Waals surface area contributed by atoms with Gasteiger partial charge in [-0.15, -0.1) is 0 Å². The van der Waals surface area contributed by atoms with Crippen molar-refractivity contribution >= 4 is 8.32 Å². The minimum atomic E-state index is -1.48. The summed E-state index contributed by atoms with van der Waals surface area (Å²) < 4.78 is 6.11. The Bertz CT molecular complexity index is 158. The van der Waals surface area contributed by atoms with Crippen molar-refractivity contribution in [1.29, 1.82) is 0 Å². The van der Waals surface area contributed by atoms with Gasteiger partial charge in [-0.1, -0.05) is 41.0 Å². The molecule has 0 rings (SSSR count). The smallest absolute Gasteiger partial charge is 0.191 e. The van der Waals surface area contributed by atoms with Crippen molar-refractivity contribution in [3.05, 3.63) is 0 Å². The summed E-state index contributed by atoms with van der Waals surface area (Å²) in [5, 5.41) is 0.350. The van der Waals surface area contributed by atoms with Gasteiger partial charge in [0.1, 0.15) is 0 Å². The number of hydrogen-bond acceptors (Lipinski definition) is 1. The van der Waals surface area contributed by atoms with Crippen molar-refractivity contribution in [2.24, 2.45) is 5.92 Å². The number of rotatable bonds is 5. The van der Waals surface area contributed by atoms with Crippen LogP contribution >= 0.6 is 0 Å². The second kappa shape index (κ2) is 5.31. The third-order valence-corrected chi connectivity index (χ3v) is 8.11. The van der Waals surface area contributed by atoms with E-state index in [-0.39, 0.29) is 0 Å². The lowest BCUT2D eigenvalue weighted by Crippen LogP contribution is -2.41. The van der Waals surface area contributed by atoms with Gasteiger partial charge in [-0.25, -0.2) is 0 Å². The van der Waals surface area contributed by atoms with Gasteiger partial charge >= 0.3 is 0 Å². The topological polar surface area (TPSA) is 9.23 Å². The highest BCUT2D eigenvalue weighted by atomic mass is 28.4. The zero-order valence-corrected chi connectivity index (χ0v) is 12.1. The molecule has 86 valence electrons. The molecule has 0 N–H and O–H groups in total. The average molecular weight is 216 g/mol. The summed E-state index contributed by atoms with van der Waals surface area (Å²) in [6.45, 7) is 17.0. The lowest BCUT2D eigenvalue weighted by molar-refractivity contribution is 0.258. The maximum atomic E-state index is 6.11. The number of hydrogen-bond donors (Lipinski definition) is 0. The first-order valence-corrected chi connectivity index (χ1v) is 8.75. The summed E-state index contributed by atoms with van der Waals surface area (Å²) >= 11 is 0. The fourth-order valence-corrected chi connectivity index (χ4v) is 2.00. The quantitative estimate of drug-likeness (QED) is 0.617. The van der Waals surface area contributed by atoms with E-state index >= 15 is 0 Å². The van der Waals surface area contributed by atoms with E-state index in [2.05, 4.69) is 47.7 Å². The lowest BCUT2D eigenvalue weighted by Gasteiger charge is -2.36. The minimum absolute atomic E-state index is 0.350. The van der Waals surface area contributed by atoms with E-state index in [0.717, 1.165) is 12.5 Å². The van der Waals surface area contributed by atoms with Gasteiger partial charge in [-0.05, 0) is 30.5 Å². The molecule has 0 amide bonds. The Labute approximate surface area is 91.4 Å². The van der Waals surface area contributed by atoms with Crippen LogP contribution in [0.3, 0.4) is 0 Å². The van der Waals surface area contributed by atoms with Crippen molar-refractivity contribution in [1.82, 2.24) is 0 Å². The van der Waals surface area contributed by atoms with Crippen LogP contribution in [0.4, 0.5) is 0 Å². The predicted octanol–water partition coefficient (Wildman–Crippen LogP) is 4.44. The molecule has 1 atom stereocenters. The fourth-order valence-electron chi connectivity index (χ4n) is 0.936. The monoisotopic (exact) mass is 216 g/mol. The summed E-state index contributed by atoms with van der Waals surface area (Å²) in [6, 6.07) is 0. The highest BCUT2D eigenvalue weighted by molar-refractivity contribution is 6.74. The van der Waals surface area contributed by atoms with E-state index in [1.807, 2.05) is 0 Å².